The second kappa shape index (κ2) is 9.08. The molecule has 0 aromatic heterocycles. The fourth-order valence-corrected chi connectivity index (χ4v) is 3.51. The molecule has 0 spiro atoms. The Kier molecular flexibility index (Phi) is 6.47. The average Bonchev–Trinajstić information content (AvgIpc) is 2.96. The van der Waals surface area contributed by atoms with Crippen molar-refractivity contribution in [2.45, 2.75) is 32.9 Å². The van der Waals surface area contributed by atoms with Gasteiger partial charge in [-0.15, -0.1) is 0 Å². The van der Waals surface area contributed by atoms with Crippen molar-refractivity contribution in [3.05, 3.63) is 41.1 Å². The van der Waals surface area contributed by atoms with Crippen LogP contribution >= 0.6 is 0 Å². The quantitative estimate of drug-likeness (QED) is 0.365. The Hall–Kier alpha value is -3.89. The molecule has 1 aromatic rings. The molecule has 0 saturated carbocycles. The van der Waals surface area contributed by atoms with Gasteiger partial charge < -0.3 is 20.1 Å². The summed E-state index contributed by atoms with van der Waals surface area (Å²) in [4.78, 5) is 64.1. The van der Waals surface area contributed by atoms with Gasteiger partial charge in [-0.2, -0.15) is 0 Å². The summed E-state index contributed by atoms with van der Waals surface area (Å²) in [5.41, 5.74) is 0.570. The number of urea groups is 2. The van der Waals surface area contributed by atoms with E-state index in [0.717, 1.165) is 4.90 Å². The van der Waals surface area contributed by atoms with Crippen molar-refractivity contribution in [2.24, 2.45) is 0 Å². The number of methoxy groups -OCH3 is 1. The molecule has 2 heterocycles. The third-order valence-corrected chi connectivity index (χ3v) is 5.01. The molecule has 6 amide bonds. The number of nitrogens with zero attached hydrogens (tertiary/aromatic N) is 2. The summed E-state index contributed by atoms with van der Waals surface area (Å²) in [6, 6.07) is 3.77. The number of esters is 1. The van der Waals surface area contributed by atoms with Crippen molar-refractivity contribution >= 4 is 29.8 Å². The average molecular weight is 444 g/mol. The highest BCUT2D eigenvalue weighted by Crippen LogP contribution is 2.30. The van der Waals surface area contributed by atoms with E-state index in [1.807, 2.05) is 0 Å². The van der Waals surface area contributed by atoms with Crippen LogP contribution in [-0.4, -0.2) is 65.9 Å². The van der Waals surface area contributed by atoms with Crippen LogP contribution in [0, 0.1) is 0 Å². The molecule has 3 rings (SSSR count). The van der Waals surface area contributed by atoms with E-state index < -0.39 is 48.5 Å². The zero-order valence-corrected chi connectivity index (χ0v) is 18.1. The van der Waals surface area contributed by atoms with Crippen LogP contribution in [0.5, 0.6) is 5.75 Å². The molecule has 0 aliphatic carbocycles. The fraction of sp³-hybridized carbons (Fsp3) is 0.381. The summed E-state index contributed by atoms with van der Waals surface area (Å²) >= 11 is 0. The van der Waals surface area contributed by atoms with Crippen LogP contribution in [0.3, 0.4) is 0 Å². The van der Waals surface area contributed by atoms with Gasteiger partial charge in [-0.1, -0.05) is 12.1 Å². The number of ether oxygens (including phenoxy) is 2. The number of rotatable bonds is 7. The highest BCUT2D eigenvalue weighted by molar-refractivity contribution is 6.44. The molecule has 2 N–H and O–H groups in total. The number of benzene rings is 1. The molecule has 170 valence electrons. The first-order valence-corrected chi connectivity index (χ1v) is 10.00. The molecule has 11 heteroatoms. The summed E-state index contributed by atoms with van der Waals surface area (Å²) in [5, 5.41) is 5.14. The maximum atomic E-state index is 12.8. The number of amides is 6. The fourth-order valence-electron chi connectivity index (χ4n) is 3.51. The van der Waals surface area contributed by atoms with E-state index in [-0.39, 0.29) is 17.9 Å². The van der Waals surface area contributed by atoms with Crippen LogP contribution in [0.2, 0.25) is 0 Å². The molecule has 1 unspecified atom stereocenters. The molecule has 1 saturated heterocycles. The van der Waals surface area contributed by atoms with E-state index in [0.29, 0.717) is 16.2 Å². The second-order valence-electron chi connectivity index (χ2n) is 7.36. The lowest BCUT2D eigenvalue weighted by atomic mass is 9.95. The summed E-state index contributed by atoms with van der Waals surface area (Å²) in [6.45, 7) is 4.42. The molecular weight excluding hydrogens is 420 g/mol. The lowest BCUT2D eigenvalue weighted by Gasteiger charge is -2.30. The normalized spacial score (nSPS) is 18.8. The summed E-state index contributed by atoms with van der Waals surface area (Å²) in [6.07, 6.45) is 0. The maximum absolute atomic E-state index is 12.8. The molecule has 2 aliphatic heterocycles. The SMILES string of the molecule is CCOC(=O)C1=C(CN2C(=O)C(=O)N(C(C)C)C2=O)NC(=O)NC1c1ccc(OC)cc1. The molecule has 11 nitrogen and oxygen atoms in total. The Labute approximate surface area is 184 Å². The molecule has 1 atom stereocenters. The first-order valence-electron chi connectivity index (χ1n) is 10.00. The summed E-state index contributed by atoms with van der Waals surface area (Å²) in [5.74, 6) is -2.15. The van der Waals surface area contributed by atoms with E-state index >= 15 is 0 Å². The second-order valence-corrected chi connectivity index (χ2v) is 7.36. The Bertz CT molecular complexity index is 1000. The third kappa shape index (κ3) is 4.13. The summed E-state index contributed by atoms with van der Waals surface area (Å²) < 4.78 is 10.3. The van der Waals surface area contributed by atoms with Crippen LogP contribution in [0.4, 0.5) is 9.59 Å². The molecule has 2 aliphatic rings. The molecule has 1 aromatic carbocycles. The van der Waals surface area contributed by atoms with Gasteiger partial charge >= 0.3 is 29.8 Å². The molecule has 1 fully saturated rings. The Morgan fingerprint density at radius 3 is 2.28 bits per heavy atom. The molecule has 32 heavy (non-hydrogen) atoms. The minimum absolute atomic E-state index is 0.00637. The van der Waals surface area contributed by atoms with Crippen molar-refractivity contribution in [1.82, 2.24) is 20.4 Å². The highest BCUT2D eigenvalue weighted by Gasteiger charge is 2.47. The Morgan fingerprint density at radius 2 is 1.75 bits per heavy atom. The van der Waals surface area contributed by atoms with Gasteiger partial charge in [-0.25, -0.2) is 19.3 Å². The van der Waals surface area contributed by atoms with Gasteiger partial charge in [0.1, 0.15) is 5.75 Å². The van der Waals surface area contributed by atoms with E-state index in [1.54, 1.807) is 45.0 Å². The van der Waals surface area contributed by atoms with E-state index in [9.17, 15) is 24.0 Å². The van der Waals surface area contributed by atoms with Gasteiger partial charge in [0.05, 0.1) is 37.6 Å². The number of hydrogen-bond donors (Lipinski definition) is 2. The standard InChI is InChI=1S/C21H24N4O7/c1-5-32-19(28)15-14(10-24-17(26)18(27)25(11(2)3)21(24)30)22-20(29)23-16(15)12-6-8-13(31-4)9-7-12/h6-9,11,16H,5,10H2,1-4H3,(H2,22,23,29). The first-order chi connectivity index (χ1) is 15.2. The van der Waals surface area contributed by atoms with Gasteiger partial charge in [0.15, 0.2) is 0 Å². The molecule has 0 radical (unpaired) electrons. The monoisotopic (exact) mass is 444 g/mol. The Morgan fingerprint density at radius 1 is 1.09 bits per heavy atom. The predicted octanol–water partition coefficient (Wildman–Crippen LogP) is 1.07. The highest BCUT2D eigenvalue weighted by atomic mass is 16.5. The molecular formula is C21H24N4O7. The zero-order chi connectivity index (χ0) is 23.6. The van der Waals surface area contributed by atoms with Crippen LogP contribution in [0.15, 0.2) is 35.5 Å². The van der Waals surface area contributed by atoms with Crippen LogP contribution < -0.4 is 15.4 Å². The first kappa shape index (κ1) is 22.8. The van der Waals surface area contributed by atoms with E-state index in [4.69, 9.17) is 9.47 Å². The van der Waals surface area contributed by atoms with Crippen LogP contribution in [0.25, 0.3) is 0 Å². The van der Waals surface area contributed by atoms with E-state index in [1.165, 1.54) is 7.11 Å². The minimum atomic E-state index is -1.03. The zero-order valence-electron chi connectivity index (χ0n) is 18.1. The lowest BCUT2D eigenvalue weighted by molar-refractivity contribution is -0.143. The van der Waals surface area contributed by atoms with Gasteiger partial charge in [-0.3, -0.25) is 14.5 Å². The largest absolute Gasteiger partial charge is 0.497 e. The summed E-state index contributed by atoms with van der Waals surface area (Å²) in [7, 11) is 1.51. The minimum Gasteiger partial charge on any atom is -0.497 e. The number of hydrogen-bond acceptors (Lipinski definition) is 7. The van der Waals surface area contributed by atoms with Gasteiger partial charge in [-0.05, 0) is 38.5 Å². The van der Waals surface area contributed by atoms with Crippen LogP contribution in [-0.2, 0) is 19.1 Å². The van der Waals surface area contributed by atoms with Crippen molar-refractivity contribution in [3.63, 3.8) is 0 Å². The third-order valence-electron chi connectivity index (χ3n) is 5.01. The number of nitrogens with one attached hydrogen (secondary N) is 2. The van der Waals surface area contributed by atoms with Crippen molar-refractivity contribution < 1.29 is 33.4 Å². The van der Waals surface area contributed by atoms with Gasteiger partial charge in [0.2, 0.25) is 0 Å². The maximum Gasteiger partial charge on any atom is 0.338 e. The van der Waals surface area contributed by atoms with E-state index in [2.05, 4.69) is 10.6 Å². The van der Waals surface area contributed by atoms with Crippen molar-refractivity contribution in [2.75, 3.05) is 20.3 Å². The van der Waals surface area contributed by atoms with Crippen LogP contribution in [0.1, 0.15) is 32.4 Å². The lowest BCUT2D eigenvalue weighted by Crippen LogP contribution is -2.49. The molecule has 0 bridgehead atoms. The Balaban J connectivity index is 2.04. The topological polar surface area (TPSA) is 134 Å². The smallest absolute Gasteiger partial charge is 0.338 e. The van der Waals surface area contributed by atoms with Crippen molar-refractivity contribution in [3.8, 4) is 5.75 Å². The van der Waals surface area contributed by atoms with Gasteiger partial charge in [0, 0.05) is 6.04 Å². The number of carbonyl (C=O) groups excluding carboxylic acids is 5. The van der Waals surface area contributed by atoms with Crippen molar-refractivity contribution in [1.29, 1.82) is 0 Å². The van der Waals surface area contributed by atoms with Gasteiger partial charge in [0.25, 0.3) is 0 Å². The predicted molar refractivity (Wildman–Crippen MR) is 110 cm³/mol. The number of carbonyl (C=O) groups is 5. The number of imide groups is 2.